The first-order valence-corrected chi connectivity index (χ1v) is 12.4. The van der Waals surface area contributed by atoms with Crippen molar-refractivity contribution in [3.63, 3.8) is 0 Å². The third-order valence-corrected chi connectivity index (χ3v) is 7.41. The lowest BCUT2D eigenvalue weighted by molar-refractivity contribution is -0.126. The maximum absolute atomic E-state index is 14.7. The highest BCUT2D eigenvalue weighted by molar-refractivity contribution is 6.17. The van der Waals surface area contributed by atoms with E-state index in [9.17, 15) is 18.8 Å². The van der Waals surface area contributed by atoms with Crippen LogP contribution < -0.4 is 10.3 Å². The molecule has 0 radical (unpaired) electrons. The summed E-state index contributed by atoms with van der Waals surface area (Å²) in [4.78, 5) is 45.5. The molecule has 38 heavy (non-hydrogen) atoms. The Hall–Kier alpha value is -4.30. The van der Waals surface area contributed by atoms with Crippen molar-refractivity contribution in [1.82, 2.24) is 4.90 Å². The number of ether oxygens (including phenoxy) is 1. The van der Waals surface area contributed by atoms with Crippen molar-refractivity contribution in [1.29, 1.82) is 0 Å². The summed E-state index contributed by atoms with van der Waals surface area (Å²) in [7, 11) is 1.56. The molecule has 1 spiro atoms. The number of benzene rings is 3. The monoisotopic (exact) mass is 512 g/mol. The van der Waals surface area contributed by atoms with Crippen molar-refractivity contribution >= 4 is 28.5 Å². The molecule has 1 atom stereocenters. The normalized spacial score (nSPS) is 18.1. The van der Waals surface area contributed by atoms with E-state index >= 15 is 0 Å². The fourth-order valence-corrected chi connectivity index (χ4v) is 5.73. The van der Waals surface area contributed by atoms with Gasteiger partial charge in [-0.05, 0) is 37.6 Å². The first-order valence-electron chi connectivity index (χ1n) is 12.4. The van der Waals surface area contributed by atoms with Gasteiger partial charge in [0.25, 0.3) is 11.8 Å². The van der Waals surface area contributed by atoms with Gasteiger partial charge in [-0.1, -0.05) is 48.0 Å². The Labute approximate surface area is 218 Å². The molecule has 6 rings (SSSR count). The van der Waals surface area contributed by atoms with E-state index < -0.39 is 28.6 Å². The predicted molar refractivity (Wildman–Crippen MR) is 140 cm³/mol. The molecule has 2 aliphatic heterocycles. The number of nitrogens with zero attached hydrogens (tertiary/aromatic N) is 2. The highest BCUT2D eigenvalue weighted by Gasteiger charge is 2.64. The van der Waals surface area contributed by atoms with Gasteiger partial charge in [-0.25, -0.2) is 4.39 Å². The van der Waals surface area contributed by atoms with Gasteiger partial charge in [-0.2, -0.15) is 0 Å². The van der Waals surface area contributed by atoms with Crippen LogP contribution in [0.2, 0.25) is 0 Å². The summed E-state index contributed by atoms with van der Waals surface area (Å²) in [5.74, 6) is -1.61. The van der Waals surface area contributed by atoms with Gasteiger partial charge < -0.3 is 19.0 Å². The van der Waals surface area contributed by atoms with E-state index in [0.717, 1.165) is 5.56 Å². The third kappa shape index (κ3) is 3.26. The smallest absolute Gasteiger partial charge is 0.291 e. The number of carbonyl (C=O) groups excluding carboxylic acids is 2. The molecular formula is C30H25FN2O5. The molecule has 2 aliphatic rings. The molecule has 3 heterocycles. The molecule has 2 amide bonds. The Morgan fingerprint density at radius 2 is 1.76 bits per heavy atom. The van der Waals surface area contributed by atoms with Crippen molar-refractivity contribution < 1.29 is 23.1 Å². The van der Waals surface area contributed by atoms with Gasteiger partial charge in [0.2, 0.25) is 5.76 Å². The van der Waals surface area contributed by atoms with Gasteiger partial charge in [0, 0.05) is 31.4 Å². The number of para-hydroxylation sites is 1. The van der Waals surface area contributed by atoms with Crippen LogP contribution in [0.4, 0.5) is 10.1 Å². The van der Waals surface area contributed by atoms with Crippen LogP contribution in [-0.4, -0.2) is 37.0 Å². The third-order valence-electron chi connectivity index (χ3n) is 7.41. The van der Waals surface area contributed by atoms with E-state index in [4.69, 9.17) is 9.15 Å². The first-order chi connectivity index (χ1) is 18.4. The number of hydrogen-bond donors (Lipinski definition) is 0. The van der Waals surface area contributed by atoms with Gasteiger partial charge in [0.1, 0.15) is 11.4 Å². The van der Waals surface area contributed by atoms with Crippen molar-refractivity contribution in [2.75, 3.05) is 25.2 Å². The summed E-state index contributed by atoms with van der Waals surface area (Å²) in [6.07, 6.45) is 0.438. The molecular weight excluding hydrogens is 487 g/mol. The SMILES string of the molecule is COCCCN1C(=O)c2oc3ccc(C)cc3c(=O)c2C12C(=O)N(Cc1ccccc1F)c1ccccc12. The number of methoxy groups -OCH3 is 1. The van der Waals surface area contributed by atoms with Gasteiger partial charge in [-0.3, -0.25) is 14.4 Å². The molecule has 0 bridgehead atoms. The molecule has 0 saturated heterocycles. The Morgan fingerprint density at radius 3 is 2.55 bits per heavy atom. The highest BCUT2D eigenvalue weighted by atomic mass is 19.1. The maximum atomic E-state index is 14.7. The molecule has 192 valence electrons. The number of fused-ring (bicyclic) bond motifs is 5. The van der Waals surface area contributed by atoms with Crippen LogP contribution in [0.1, 0.15) is 39.2 Å². The topological polar surface area (TPSA) is 80.1 Å². The van der Waals surface area contributed by atoms with Crippen LogP contribution in [-0.2, 0) is 21.6 Å². The van der Waals surface area contributed by atoms with Crippen molar-refractivity contribution in [3.05, 3.63) is 111 Å². The minimum absolute atomic E-state index is 0.00602. The zero-order valence-electron chi connectivity index (χ0n) is 21.0. The van der Waals surface area contributed by atoms with Crippen LogP contribution in [0.15, 0.2) is 75.9 Å². The van der Waals surface area contributed by atoms with E-state index in [2.05, 4.69) is 0 Å². The second-order valence-corrected chi connectivity index (χ2v) is 9.65. The predicted octanol–water partition coefficient (Wildman–Crippen LogP) is 4.52. The Bertz CT molecular complexity index is 1680. The van der Waals surface area contributed by atoms with Crippen LogP contribution in [0.3, 0.4) is 0 Å². The summed E-state index contributed by atoms with van der Waals surface area (Å²) >= 11 is 0. The molecule has 4 aromatic rings. The zero-order chi connectivity index (χ0) is 26.6. The lowest BCUT2D eigenvalue weighted by atomic mass is 9.84. The molecule has 3 aromatic carbocycles. The Balaban J connectivity index is 1.63. The zero-order valence-corrected chi connectivity index (χ0v) is 21.0. The highest BCUT2D eigenvalue weighted by Crippen LogP contribution is 2.53. The second-order valence-electron chi connectivity index (χ2n) is 9.65. The van der Waals surface area contributed by atoms with Crippen molar-refractivity contribution in [2.45, 2.75) is 25.4 Å². The Morgan fingerprint density at radius 1 is 1.00 bits per heavy atom. The number of halogens is 1. The van der Waals surface area contributed by atoms with Gasteiger partial charge in [-0.15, -0.1) is 0 Å². The number of hydrogen-bond acceptors (Lipinski definition) is 5. The molecule has 0 N–H and O–H groups in total. The fraction of sp³-hybridized carbons (Fsp3) is 0.233. The van der Waals surface area contributed by atoms with Crippen LogP contribution in [0.5, 0.6) is 0 Å². The molecule has 0 aliphatic carbocycles. The van der Waals surface area contributed by atoms with E-state index in [-0.39, 0.29) is 30.0 Å². The largest absolute Gasteiger partial charge is 0.450 e. The number of rotatable bonds is 6. The number of anilines is 1. The number of amides is 2. The minimum Gasteiger partial charge on any atom is -0.450 e. The van der Waals surface area contributed by atoms with Crippen LogP contribution in [0, 0.1) is 12.7 Å². The maximum Gasteiger partial charge on any atom is 0.291 e. The van der Waals surface area contributed by atoms with Crippen LogP contribution >= 0.6 is 0 Å². The van der Waals surface area contributed by atoms with Gasteiger partial charge in [0.15, 0.2) is 11.0 Å². The summed E-state index contributed by atoms with van der Waals surface area (Å²) < 4.78 is 26.0. The molecule has 0 saturated carbocycles. The van der Waals surface area contributed by atoms with E-state index in [1.165, 1.54) is 15.9 Å². The molecule has 1 aromatic heterocycles. The number of carbonyl (C=O) groups is 2. The molecule has 1 unspecified atom stereocenters. The average Bonchev–Trinajstić information content (AvgIpc) is 3.31. The van der Waals surface area contributed by atoms with E-state index in [0.29, 0.717) is 35.2 Å². The molecule has 7 nitrogen and oxygen atoms in total. The lowest BCUT2D eigenvalue weighted by Crippen LogP contribution is -2.53. The van der Waals surface area contributed by atoms with Gasteiger partial charge >= 0.3 is 0 Å². The summed E-state index contributed by atoms with van der Waals surface area (Å²) in [5, 5.41) is 0.299. The summed E-state index contributed by atoms with van der Waals surface area (Å²) in [6, 6.07) is 18.5. The van der Waals surface area contributed by atoms with Gasteiger partial charge in [0.05, 0.1) is 23.2 Å². The fourth-order valence-electron chi connectivity index (χ4n) is 5.73. The summed E-state index contributed by atoms with van der Waals surface area (Å²) in [5.41, 5.74) is 0.301. The van der Waals surface area contributed by atoms with Crippen LogP contribution in [0.25, 0.3) is 11.0 Å². The van der Waals surface area contributed by atoms with Crippen molar-refractivity contribution in [2.24, 2.45) is 0 Å². The number of aryl methyl sites for hydroxylation is 1. The lowest BCUT2D eigenvalue weighted by Gasteiger charge is -2.34. The van der Waals surface area contributed by atoms with Crippen molar-refractivity contribution in [3.8, 4) is 0 Å². The minimum atomic E-state index is -1.74. The quantitative estimate of drug-likeness (QED) is 0.355. The molecule has 0 fully saturated rings. The molecule has 8 heteroatoms. The second kappa shape index (κ2) is 8.92. The summed E-state index contributed by atoms with van der Waals surface area (Å²) in [6.45, 7) is 2.31. The average molecular weight is 513 g/mol. The standard InChI is InChI=1S/C30H25FN2O5/c1-18-12-13-24-20(16-18)26(34)25-27(38-24)28(35)33(14-7-15-37-2)30(25)21-9-4-6-11-23(21)32(29(30)36)17-19-8-3-5-10-22(19)31/h3-6,8-13,16H,7,14-15,17H2,1-2H3. The van der Waals surface area contributed by atoms with E-state index in [1.807, 2.05) is 6.92 Å². The van der Waals surface area contributed by atoms with E-state index in [1.54, 1.807) is 67.8 Å². The first kappa shape index (κ1) is 24.1. The Kier molecular flexibility index (Phi) is 5.65.